The van der Waals surface area contributed by atoms with Crippen molar-refractivity contribution < 1.29 is 14.0 Å². The Kier molecular flexibility index (Phi) is 7.69. The van der Waals surface area contributed by atoms with Crippen LogP contribution in [-0.4, -0.2) is 39.1 Å². The van der Waals surface area contributed by atoms with Crippen molar-refractivity contribution in [1.29, 1.82) is 0 Å². The van der Waals surface area contributed by atoms with E-state index in [0.29, 0.717) is 18.0 Å². The maximum Gasteiger partial charge on any atom is 0.303 e. The summed E-state index contributed by atoms with van der Waals surface area (Å²) in [6.07, 6.45) is 0. The number of carbonyl (C=O) groups excluding carboxylic acids is 2. The molecule has 0 saturated carbocycles. The second-order valence-electron chi connectivity index (χ2n) is 9.16. The molecule has 2 aromatic carbocycles. The Hall–Kier alpha value is -3.04. The zero-order valence-electron chi connectivity index (χ0n) is 19.5. The molecule has 5 nitrogen and oxygen atoms in total. The fourth-order valence-electron chi connectivity index (χ4n) is 2.51. The first-order valence-corrected chi connectivity index (χ1v) is 13.2. The van der Waals surface area contributed by atoms with E-state index in [0.717, 1.165) is 5.56 Å². The molecule has 0 spiro atoms. The van der Waals surface area contributed by atoms with Gasteiger partial charge in [-0.2, -0.15) is 0 Å². The summed E-state index contributed by atoms with van der Waals surface area (Å²) >= 11 is 0. The first kappa shape index (κ1) is 24.2. The van der Waals surface area contributed by atoms with Crippen LogP contribution in [-0.2, 0) is 16.1 Å². The van der Waals surface area contributed by atoms with Gasteiger partial charge in [-0.1, -0.05) is 63.2 Å². The largest absolute Gasteiger partial charge is 0.542 e. The molecule has 0 unspecified atom stereocenters. The lowest BCUT2D eigenvalue weighted by molar-refractivity contribution is -0.123. The molecule has 0 bridgehead atoms. The predicted octanol–water partition coefficient (Wildman–Crippen LogP) is 4.70. The molecule has 6 heteroatoms. The van der Waals surface area contributed by atoms with Gasteiger partial charge in [0.2, 0.25) is 0 Å². The Morgan fingerprint density at radius 1 is 0.903 bits per heavy atom. The lowest BCUT2D eigenvalue weighted by atomic mass is 10.2. The highest BCUT2D eigenvalue weighted by Crippen LogP contribution is 2.40. The summed E-state index contributed by atoms with van der Waals surface area (Å²) in [5, 5.41) is 0.00627. The first-order valence-electron chi connectivity index (χ1n) is 10.3. The molecule has 0 aliphatic rings. The van der Waals surface area contributed by atoms with Gasteiger partial charge in [0.15, 0.2) is 0 Å². The van der Waals surface area contributed by atoms with Gasteiger partial charge in [-0.05, 0) is 35.8 Å². The van der Waals surface area contributed by atoms with Crippen molar-refractivity contribution in [2.45, 2.75) is 45.4 Å². The van der Waals surface area contributed by atoms with Gasteiger partial charge >= 0.3 is 5.91 Å². The molecule has 0 aliphatic heterocycles. The molecule has 164 valence electrons. The van der Waals surface area contributed by atoms with E-state index >= 15 is 0 Å². The van der Waals surface area contributed by atoms with Gasteiger partial charge in [0.1, 0.15) is 5.75 Å². The molecule has 2 amide bonds. The summed E-state index contributed by atoms with van der Waals surface area (Å²) < 4.78 is 6.55. The minimum atomic E-state index is -2.14. The topological polar surface area (TPSA) is 49.9 Å². The van der Waals surface area contributed by atoms with Gasteiger partial charge < -0.3 is 9.33 Å². The molecule has 2 aromatic rings. The number of nitrogens with zero attached hydrogens (tertiary/aromatic N) is 2. The van der Waals surface area contributed by atoms with Crippen LogP contribution in [0.25, 0.3) is 0 Å². The summed E-state index contributed by atoms with van der Waals surface area (Å²) in [6, 6.07) is 17.2. The fraction of sp³-hybridized carbons (Fsp3) is 0.360. The molecule has 0 aliphatic carbocycles. The third-order valence-corrected chi connectivity index (χ3v) is 9.78. The summed E-state index contributed by atoms with van der Waals surface area (Å²) in [6.45, 7) is 11.2. The van der Waals surface area contributed by atoms with Gasteiger partial charge in [-0.25, -0.2) is 0 Å². The number of carbonyl (C=O) groups is 2. The lowest BCUT2D eigenvalue weighted by Crippen LogP contribution is -2.44. The minimum absolute atomic E-state index is 0.00627. The van der Waals surface area contributed by atoms with Crippen molar-refractivity contribution in [1.82, 2.24) is 4.90 Å². The average Bonchev–Trinajstić information content (AvgIpc) is 2.70. The van der Waals surface area contributed by atoms with Crippen LogP contribution in [0.5, 0.6) is 5.75 Å². The van der Waals surface area contributed by atoms with Gasteiger partial charge in [0, 0.05) is 25.9 Å². The van der Waals surface area contributed by atoms with Crippen LogP contribution in [0.4, 0.5) is 5.69 Å². The second-order valence-corrected chi connectivity index (χ2v) is 13.9. The summed E-state index contributed by atoms with van der Waals surface area (Å²) in [5.41, 5.74) is 1.60. The fourth-order valence-corrected chi connectivity index (χ4v) is 3.54. The standard InChI is InChI=1S/C25H32N2O3Si/c1-25(2,3)31(6,7)30-22-16-12-11-15-21(22)27(19-20-13-9-8-10-14-20)24(29)18-17-23(28)26(4)5/h8-16H,19H2,1-7H3. The molecule has 0 N–H and O–H groups in total. The van der Waals surface area contributed by atoms with Crippen LogP contribution < -0.4 is 9.33 Å². The Morgan fingerprint density at radius 3 is 2.03 bits per heavy atom. The number of benzene rings is 2. The van der Waals surface area contributed by atoms with Crippen molar-refractivity contribution in [3.63, 3.8) is 0 Å². The van der Waals surface area contributed by atoms with Crippen molar-refractivity contribution in [2.24, 2.45) is 0 Å². The molecule has 0 fully saturated rings. The highest BCUT2D eigenvalue weighted by Gasteiger charge is 2.39. The number of anilines is 1. The number of rotatable bonds is 5. The number of para-hydroxylation sites is 2. The Morgan fingerprint density at radius 2 is 1.45 bits per heavy atom. The van der Waals surface area contributed by atoms with E-state index in [2.05, 4.69) is 45.7 Å². The van der Waals surface area contributed by atoms with E-state index in [9.17, 15) is 9.59 Å². The molecular weight excluding hydrogens is 404 g/mol. The molecule has 0 aromatic heterocycles. The maximum atomic E-state index is 13.1. The van der Waals surface area contributed by atoms with E-state index < -0.39 is 20.1 Å². The van der Waals surface area contributed by atoms with Crippen LogP contribution >= 0.6 is 0 Å². The van der Waals surface area contributed by atoms with Crippen LogP contribution in [0.3, 0.4) is 0 Å². The Labute approximate surface area is 187 Å². The average molecular weight is 437 g/mol. The van der Waals surface area contributed by atoms with E-state index in [4.69, 9.17) is 4.43 Å². The van der Waals surface area contributed by atoms with Gasteiger partial charge in [-0.3, -0.25) is 14.5 Å². The molecule has 0 saturated heterocycles. The smallest absolute Gasteiger partial charge is 0.303 e. The van der Waals surface area contributed by atoms with Crippen LogP contribution in [0.2, 0.25) is 18.1 Å². The quantitative estimate of drug-likeness (QED) is 0.504. The zero-order chi connectivity index (χ0) is 23.2. The van der Waals surface area contributed by atoms with Gasteiger partial charge in [0.05, 0.1) is 12.2 Å². The van der Waals surface area contributed by atoms with E-state index in [1.807, 2.05) is 54.6 Å². The zero-order valence-corrected chi connectivity index (χ0v) is 20.5. The van der Waals surface area contributed by atoms with Crippen molar-refractivity contribution in [2.75, 3.05) is 19.0 Å². The highest BCUT2D eigenvalue weighted by molar-refractivity contribution is 6.74. The highest BCUT2D eigenvalue weighted by atomic mass is 28.4. The normalized spacial score (nSPS) is 11.2. The molecule has 0 heterocycles. The van der Waals surface area contributed by atoms with E-state index in [-0.39, 0.29) is 5.04 Å². The number of hydrogen-bond acceptors (Lipinski definition) is 3. The van der Waals surface area contributed by atoms with Crippen LogP contribution in [0.1, 0.15) is 26.3 Å². The third-order valence-electron chi connectivity index (χ3n) is 5.44. The summed E-state index contributed by atoms with van der Waals surface area (Å²) in [7, 11) is 1.07. The minimum Gasteiger partial charge on any atom is -0.542 e. The lowest BCUT2D eigenvalue weighted by Gasteiger charge is -2.37. The Bertz CT molecular complexity index is 983. The third kappa shape index (κ3) is 6.47. The molecule has 31 heavy (non-hydrogen) atoms. The van der Waals surface area contributed by atoms with Crippen LogP contribution in [0, 0.1) is 11.8 Å². The number of amides is 2. The second kappa shape index (κ2) is 9.84. The molecule has 0 radical (unpaired) electrons. The summed E-state index contributed by atoms with van der Waals surface area (Å²) in [4.78, 5) is 27.9. The maximum absolute atomic E-state index is 13.1. The van der Waals surface area contributed by atoms with Crippen molar-refractivity contribution >= 4 is 25.8 Å². The molecule has 0 atom stereocenters. The van der Waals surface area contributed by atoms with Gasteiger partial charge in [0.25, 0.3) is 14.2 Å². The predicted molar refractivity (Wildman–Crippen MR) is 128 cm³/mol. The van der Waals surface area contributed by atoms with E-state index in [1.54, 1.807) is 19.0 Å². The first-order chi connectivity index (χ1) is 14.4. The van der Waals surface area contributed by atoms with Crippen molar-refractivity contribution in [3.05, 3.63) is 60.2 Å². The molecular formula is C25H32N2O3Si. The van der Waals surface area contributed by atoms with Crippen LogP contribution in [0.15, 0.2) is 54.6 Å². The SMILES string of the molecule is CN(C)C(=O)C#CC(=O)N(Cc1ccccc1)c1ccccc1O[Si](C)(C)C(C)(C)C. The number of hydrogen-bond donors (Lipinski definition) is 0. The Balaban J connectivity index is 2.49. The van der Waals surface area contributed by atoms with E-state index in [1.165, 1.54) is 4.90 Å². The monoisotopic (exact) mass is 436 g/mol. The van der Waals surface area contributed by atoms with Crippen molar-refractivity contribution in [3.8, 4) is 17.6 Å². The summed E-state index contributed by atoms with van der Waals surface area (Å²) in [5.74, 6) is 4.71. The molecule has 2 rings (SSSR count). The van der Waals surface area contributed by atoms with Gasteiger partial charge in [-0.15, -0.1) is 0 Å².